The number of halogens is 1. The zero-order chi connectivity index (χ0) is 17.1. The minimum Gasteiger partial charge on any atom is -0.423 e. The van der Waals surface area contributed by atoms with Crippen LogP contribution < -0.4 is 16.3 Å². The Hall–Kier alpha value is -2.38. The smallest absolute Gasteiger partial charge is 0.336 e. The number of aryl methyl sites for hydroxylation is 1. The van der Waals surface area contributed by atoms with Crippen LogP contribution in [0.3, 0.4) is 0 Å². The van der Waals surface area contributed by atoms with E-state index < -0.39 is 0 Å². The van der Waals surface area contributed by atoms with Gasteiger partial charge in [0.1, 0.15) is 5.58 Å². The number of anilines is 1. The third-order valence-corrected chi connectivity index (χ3v) is 3.88. The van der Waals surface area contributed by atoms with Crippen molar-refractivity contribution in [2.75, 3.05) is 11.9 Å². The Morgan fingerprint density at radius 3 is 3.00 bits per heavy atom. The molecule has 0 saturated carbocycles. The molecular formula is C16H15ClN4O2S. The van der Waals surface area contributed by atoms with Crippen molar-refractivity contribution in [3.05, 3.63) is 57.7 Å². The van der Waals surface area contributed by atoms with Crippen molar-refractivity contribution in [3.63, 3.8) is 0 Å². The maximum absolute atomic E-state index is 11.5. The molecule has 0 radical (unpaired) electrons. The molecule has 3 rings (SSSR count). The summed E-state index contributed by atoms with van der Waals surface area (Å²) in [5, 5.41) is 12.2. The fraction of sp³-hybridized carbons (Fsp3) is 0.188. The SMILES string of the molecule is Cc1cc(=O)oc2cc(NC(=S)NCCn3cc(Cl)cn3)ccc12. The number of nitrogens with zero attached hydrogens (tertiary/aromatic N) is 2. The van der Waals surface area contributed by atoms with Gasteiger partial charge in [0.15, 0.2) is 5.11 Å². The van der Waals surface area contributed by atoms with Gasteiger partial charge >= 0.3 is 5.63 Å². The number of nitrogens with one attached hydrogen (secondary N) is 2. The maximum Gasteiger partial charge on any atom is 0.336 e. The molecule has 0 unspecified atom stereocenters. The highest BCUT2D eigenvalue weighted by molar-refractivity contribution is 7.80. The lowest BCUT2D eigenvalue weighted by molar-refractivity contribution is 0.560. The highest BCUT2D eigenvalue weighted by atomic mass is 35.5. The lowest BCUT2D eigenvalue weighted by Gasteiger charge is -2.11. The average Bonchev–Trinajstić information content (AvgIpc) is 2.92. The van der Waals surface area contributed by atoms with Crippen molar-refractivity contribution in [2.45, 2.75) is 13.5 Å². The van der Waals surface area contributed by atoms with E-state index in [4.69, 9.17) is 28.2 Å². The predicted molar refractivity (Wildman–Crippen MR) is 98.7 cm³/mol. The van der Waals surface area contributed by atoms with Gasteiger partial charge in [-0.15, -0.1) is 0 Å². The Morgan fingerprint density at radius 1 is 1.42 bits per heavy atom. The second kappa shape index (κ2) is 7.02. The molecule has 0 spiro atoms. The van der Waals surface area contributed by atoms with E-state index in [2.05, 4.69) is 15.7 Å². The van der Waals surface area contributed by atoms with E-state index in [1.165, 1.54) is 6.07 Å². The van der Waals surface area contributed by atoms with Gasteiger partial charge in [0.25, 0.3) is 0 Å². The molecule has 2 heterocycles. The number of thiocarbonyl (C=S) groups is 1. The predicted octanol–water partition coefficient (Wildman–Crippen LogP) is 2.94. The van der Waals surface area contributed by atoms with Crippen molar-refractivity contribution in [1.29, 1.82) is 0 Å². The van der Waals surface area contributed by atoms with Gasteiger partial charge in [-0.25, -0.2) is 4.79 Å². The molecule has 0 bridgehead atoms. The van der Waals surface area contributed by atoms with Gasteiger partial charge in [-0.3, -0.25) is 4.68 Å². The number of aromatic nitrogens is 2. The first-order valence-electron chi connectivity index (χ1n) is 7.28. The maximum atomic E-state index is 11.5. The lowest BCUT2D eigenvalue weighted by atomic mass is 10.1. The van der Waals surface area contributed by atoms with Crippen LogP contribution >= 0.6 is 23.8 Å². The molecule has 2 N–H and O–H groups in total. The molecule has 0 aliphatic heterocycles. The van der Waals surface area contributed by atoms with E-state index in [0.29, 0.717) is 28.8 Å². The topological polar surface area (TPSA) is 72.1 Å². The second-order valence-corrected chi connectivity index (χ2v) is 6.11. The Bertz CT molecular complexity index is 951. The highest BCUT2D eigenvalue weighted by Gasteiger charge is 2.05. The quantitative estimate of drug-likeness (QED) is 0.549. The molecule has 124 valence electrons. The van der Waals surface area contributed by atoms with E-state index in [-0.39, 0.29) is 5.63 Å². The van der Waals surface area contributed by atoms with Crippen LogP contribution in [0.4, 0.5) is 5.69 Å². The van der Waals surface area contributed by atoms with Crippen molar-refractivity contribution < 1.29 is 4.42 Å². The molecular weight excluding hydrogens is 348 g/mol. The molecule has 0 aliphatic carbocycles. The first kappa shape index (κ1) is 16.5. The monoisotopic (exact) mass is 362 g/mol. The molecule has 24 heavy (non-hydrogen) atoms. The number of rotatable bonds is 4. The zero-order valence-corrected chi connectivity index (χ0v) is 14.4. The van der Waals surface area contributed by atoms with Crippen LogP contribution in [0.15, 0.2) is 45.9 Å². The Balaban J connectivity index is 1.61. The van der Waals surface area contributed by atoms with E-state index in [0.717, 1.165) is 16.6 Å². The van der Waals surface area contributed by atoms with Crippen molar-refractivity contribution in [3.8, 4) is 0 Å². The van der Waals surface area contributed by atoms with Gasteiger partial charge in [-0.2, -0.15) is 5.10 Å². The first-order chi connectivity index (χ1) is 11.5. The summed E-state index contributed by atoms with van der Waals surface area (Å²) >= 11 is 11.1. The molecule has 1 aromatic carbocycles. The average molecular weight is 363 g/mol. The zero-order valence-electron chi connectivity index (χ0n) is 12.9. The molecule has 0 saturated heterocycles. The molecule has 3 aromatic rings. The number of benzene rings is 1. The molecule has 8 heteroatoms. The third-order valence-electron chi connectivity index (χ3n) is 3.44. The van der Waals surface area contributed by atoms with Crippen LogP contribution in [-0.2, 0) is 6.54 Å². The normalized spacial score (nSPS) is 10.8. The first-order valence-corrected chi connectivity index (χ1v) is 8.07. The van der Waals surface area contributed by atoms with Crippen molar-refractivity contribution in [1.82, 2.24) is 15.1 Å². The number of hydrogen-bond acceptors (Lipinski definition) is 4. The molecule has 0 amide bonds. The van der Waals surface area contributed by atoms with E-state index in [1.807, 2.05) is 19.1 Å². The Morgan fingerprint density at radius 2 is 2.25 bits per heavy atom. The second-order valence-electron chi connectivity index (χ2n) is 5.26. The molecule has 6 nitrogen and oxygen atoms in total. The molecule has 0 aliphatic rings. The summed E-state index contributed by atoms with van der Waals surface area (Å²) in [7, 11) is 0. The fourth-order valence-corrected chi connectivity index (χ4v) is 2.70. The summed E-state index contributed by atoms with van der Waals surface area (Å²) in [6.45, 7) is 3.12. The molecule has 0 atom stereocenters. The molecule has 2 aromatic heterocycles. The Labute approximate surface area is 148 Å². The van der Waals surface area contributed by atoms with Crippen LogP contribution in [0.1, 0.15) is 5.56 Å². The van der Waals surface area contributed by atoms with Gasteiger partial charge in [0.2, 0.25) is 0 Å². The van der Waals surface area contributed by atoms with Crippen LogP contribution in [0.5, 0.6) is 0 Å². The van der Waals surface area contributed by atoms with Gasteiger partial charge in [0, 0.05) is 35.9 Å². The number of hydrogen-bond donors (Lipinski definition) is 2. The van der Waals surface area contributed by atoms with Gasteiger partial charge in [-0.1, -0.05) is 11.6 Å². The van der Waals surface area contributed by atoms with Gasteiger partial charge in [-0.05, 0) is 36.8 Å². The van der Waals surface area contributed by atoms with Crippen LogP contribution in [0.25, 0.3) is 11.0 Å². The summed E-state index contributed by atoms with van der Waals surface area (Å²) in [6, 6.07) is 7.01. The minimum absolute atomic E-state index is 0.365. The van der Waals surface area contributed by atoms with Crippen LogP contribution in [0, 0.1) is 6.92 Å². The summed E-state index contributed by atoms with van der Waals surface area (Å²) in [4.78, 5) is 11.5. The fourth-order valence-electron chi connectivity index (χ4n) is 2.32. The summed E-state index contributed by atoms with van der Waals surface area (Å²) < 4.78 is 6.95. The van der Waals surface area contributed by atoms with Gasteiger partial charge < -0.3 is 15.1 Å². The lowest BCUT2D eigenvalue weighted by Crippen LogP contribution is -2.31. The van der Waals surface area contributed by atoms with Gasteiger partial charge in [0.05, 0.1) is 17.8 Å². The highest BCUT2D eigenvalue weighted by Crippen LogP contribution is 2.20. The minimum atomic E-state index is -0.365. The summed E-state index contributed by atoms with van der Waals surface area (Å²) in [6.07, 6.45) is 3.33. The van der Waals surface area contributed by atoms with E-state index in [1.54, 1.807) is 23.1 Å². The van der Waals surface area contributed by atoms with Crippen molar-refractivity contribution >= 4 is 45.6 Å². The largest absolute Gasteiger partial charge is 0.423 e. The van der Waals surface area contributed by atoms with E-state index >= 15 is 0 Å². The van der Waals surface area contributed by atoms with Crippen LogP contribution in [-0.4, -0.2) is 21.4 Å². The third kappa shape index (κ3) is 3.93. The van der Waals surface area contributed by atoms with E-state index in [9.17, 15) is 4.79 Å². The standard InChI is InChI=1S/C16H15ClN4O2S/c1-10-6-15(22)23-14-7-12(2-3-13(10)14)20-16(24)18-4-5-21-9-11(17)8-19-21/h2-3,6-9H,4-5H2,1H3,(H2,18,20,24). The molecule has 0 fully saturated rings. The van der Waals surface area contributed by atoms with Crippen molar-refractivity contribution in [2.24, 2.45) is 0 Å². The number of fused-ring (bicyclic) bond motifs is 1. The Kier molecular flexibility index (Phi) is 4.82. The summed E-state index contributed by atoms with van der Waals surface area (Å²) in [5.74, 6) is 0. The van der Waals surface area contributed by atoms with Crippen LogP contribution in [0.2, 0.25) is 5.02 Å². The summed E-state index contributed by atoms with van der Waals surface area (Å²) in [5.41, 5.74) is 1.79.